The average Bonchev–Trinajstić information content (AvgIpc) is 3.08. The number of amides is 1. The van der Waals surface area contributed by atoms with Gasteiger partial charge in [-0.3, -0.25) is 14.9 Å². The Hall–Kier alpha value is -2.84. The highest BCUT2D eigenvalue weighted by Crippen LogP contribution is 2.38. The standard InChI is InChI=1S/C19H21N3O5.ClH/c1-26-17-9-13(8-16(22(24)25)18(17)27-2)19(23)21-10-14(15(20)11-21)12-6-4-3-5-7-12;/h3-9,14-15H,10-11,20H2,1-2H3;1H/t14-,15+;/m0./s1. The lowest BCUT2D eigenvalue weighted by Crippen LogP contribution is -2.32. The molecular weight excluding hydrogens is 386 g/mol. The fourth-order valence-corrected chi connectivity index (χ4v) is 3.43. The zero-order valence-electron chi connectivity index (χ0n) is 15.5. The summed E-state index contributed by atoms with van der Waals surface area (Å²) >= 11 is 0. The number of methoxy groups -OCH3 is 2. The van der Waals surface area contributed by atoms with Crippen LogP contribution in [0.3, 0.4) is 0 Å². The van der Waals surface area contributed by atoms with Gasteiger partial charge in [0, 0.05) is 31.1 Å². The third-order valence-corrected chi connectivity index (χ3v) is 4.78. The van der Waals surface area contributed by atoms with E-state index in [4.69, 9.17) is 15.2 Å². The molecule has 8 nitrogen and oxygen atoms in total. The Balaban J connectivity index is 0.00000280. The number of ether oxygens (including phenoxy) is 2. The van der Waals surface area contributed by atoms with Crippen molar-refractivity contribution in [3.8, 4) is 11.5 Å². The Morgan fingerprint density at radius 2 is 1.86 bits per heavy atom. The topological polar surface area (TPSA) is 108 Å². The van der Waals surface area contributed by atoms with Crippen molar-refractivity contribution in [1.29, 1.82) is 0 Å². The van der Waals surface area contributed by atoms with Gasteiger partial charge in [-0.25, -0.2) is 0 Å². The third kappa shape index (κ3) is 4.02. The lowest BCUT2D eigenvalue weighted by atomic mass is 9.95. The van der Waals surface area contributed by atoms with Crippen molar-refractivity contribution < 1.29 is 19.2 Å². The molecule has 2 aromatic rings. The number of hydrogen-bond acceptors (Lipinski definition) is 6. The molecule has 2 aromatic carbocycles. The molecule has 1 fully saturated rings. The Morgan fingerprint density at radius 3 is 2.43 bits per heavy atom. The molecule has 2 atom stereocenters. The smallest absolute Gasteiger partial charge is 0.315 e. The molecule has 150 valence electrons. The highest BCUT2D eigenvalue weighted by Gasteiger charge is 2.35. The van der Waals surface area contributed by atoms with Crippen molar-refractivity contribution >= 4 is 24.0 Å². The van der Waals surface area contributed by atoms with Gasteiger partial charge in [-0.1, -0.05) is 30.3 Å². The molecule has 9 heteroatoms. The lowest BCUT2D eigenvalue weighted by molar-refractivity contribution is -0.385. The molecule has 0 aliphatic carbocycles. The average molecular weight is 408 g/mol. The first-order chi connectivity index (χ1) is 13.0. The molecule has 1 heterocycles. The molecule has 0 radical (unpaired) electrons. The fourth-order valence-electron chi connectivity index (χ4n) is 3.43. The van der Waals surface area contributed by atoms with Gasteiger partial charge in [-0.05, 0) is 11.6 Å². The number of nitrogens with two attached hydrogens (primary N) is 1. The highest BCUT2D eigenvalue weighted by molar-refractivity contribution is 5.96. The summed E-state index contributed by atoms with van der Waals surface area (Å²) in [5.41, 5.74) is 7.17. The van der Waals surface area contributed by atoms with Crippen LogP contribution >= 0.6 is 12.4 Å². The third-order valence-electron chi connectivity index (χ3n) is 4.78. The van der Waals surface area contributed by atoms with Crippen molar-refractivity contribution in [3.05, 3.63) is 63.7 Å². The minimum Gasteiger partial charge on any atom is -0.493 e. The number of nitro groups is 1. The summed E-state index contributed by atoms with van der Waals surface area (Å²) in [6.07, 6.45) is 0. The summed E-state index contributed by atoms with van der Waals surface area (Å²) in [6, 6.07) is 12.2. The Labute approximate surface area is 168 Å². The number of nitrogens with zero attached hydrogens (tertiary/aromatic N) is 2. The van der Waals surface area contributed by atoms with Crippen LogP contribution in [0.5, 0.6) is 11.5 Å². The van der Waals surface area contributed by atoms with E-state index in [0.29, 0.717) is 13.1 Å². The van der Waals surface area contributed by atoms with Gasteiger partial charge in [0.2, 0.25) is 5.75 Å². The summed E-state index contributed by atoms with van der Waals surface area (Å²) in [5.74, 6) is -0.185. The maximum Gasteiger partial charge on any atom is 0.315 e. The van der Waals surface area contributed by atoms with Crippen molar-refractivity contribution in [2.24, 2.45) is 5.73 Å². The number of carbonyl (C=O) groups is 1. The number of halogens is 1. The molecule has 0 unspecified atom stereocenters. The fraction of sp³-hybridized carbons (Fsp3) is 0.316. The van der Waals surface area contributed by atoms with E-state index in [0.717, 1.165) is 5.56 Å². The maximum atomic E-state index is 13.0. The molecule has 0 spiro atoms. The second-order valence-corrected chi connectivity index (χ2v) is 6.38. The van der Waals surface area contributed by atoms with Gasteiger partial charge in [0.25, 0.3) is 5.91 Å². The lowest BCUT2D eigenvalue weighted by Gasteiger charge is -2.17. The molecule has 0 bridgehead atoms. The van der Waals surface area contributed by atoms with Crippen molar-refractivity contribution in [1.82, 2.24) is 4.90 Å². The van der Waals surface area contributed by atoms with E-state index in [2.05, 4.69) is 0 Å². The molecule has 1 saturated heterocycles. The van der Waals surface area contributed by atoms with Gasteiger partial charge >= 0.3 is 5.69 Å². The van der Waals surface area contributed by atoms with Crippen LogP contribution in [0.1, 0.15) is 21.8 Å². The molecular formula is C19H22ClN3O5. The minimum atomic E-state index is -0.597. The van der Waals surface area contributed by atoms with E-state index in [-0.39, 0.29) is 53.0 Å². The van der Waals surface area contributed by atoms with Gasteiger partial charge in [-0.2, -0.15) is 0 Å². The first-order valence-electron chi connectivity index (χ1n) is 8.46. The summed E-state index contributed by atoms with van der Waals surface area (Å²) in [5, 5.41) is 11.4. The van der Waals surface area contributed by atoms with Gasteiger partial charge in [-0.15, -0.1) is 12.4 Å². The molecule has 3 rings (SSSR count). The first-order valence-corrected chi connectivity index (χ1v) is 8.46. The van der Waals surface area contributed by atoms with Gasteiger partial charge in [0.1, 0.15) is 0 Å². The number of rotatable bonds is 5. The molecule has 28 heavy (non-hydrogen) atoms. The monoisotopic (exact) mass is 407 g/mol. The van der Waals surface area contributed by atoms with Crippen LogP contribution in [0.4, 0.5) is 5.69 Å². The SMILES string of the molecule is COc1cc(C(=O)N2C[C@@H](N)[C@H](c3ccccc3)C2)cc([N+](=O)[O-])c1OC.Cl. The summed E-state index contributed by atoms with van der Waals surface area (Å²) < 4.78 is 10.2. The van der Waals surface area contributed by atoms with Crippen LogP contribution < -0.4 is 15.2 Å². The minimum absolute atomic E-state index is 0. The largest absolute Gasteiger partial charge is 0.493 e. The number of benzene rings is 2. The molecule has 2 N–H and O–H groups in total. The van der Waals surface area contributed by atoms with Crippen LogP contribution in [0.25, 0.3) is 0 Å². The zero-order valence-corrected chi connectivity index (χ0v) is 16.3. The molecule has 1 amide bonds. The highest BCUT2D eigenvalue weighted by atomic mass is 35.5. The van der Waals surface area contributed by atoms with E-state index in [1.54, 1.807) is 4.90 Å². The van der Waals surface area contributed by atoms with Crippen molar-refractivity contribution in [2.45, 2.75) is 12.0 Å². The van der Waals surface area contributed by atoms with E-state index >= 15 is 0 Å². The molecule has 1 aliphatic heterocycles. The number of nitro benzene ring substituents is 1. The quantitative estimate of drug-likeness (QED) is 0.602. The molecule has 0 aromatic heterocycles. The predicted octanol–water partition coefficient (Wildman–Crippen LogP) is 2.60. The van der Waals surface area contributed by atoms with Crippen molar-refractivity contribution in [2.75, 3.05) is 27.3 Å². The second kappa shape index (κ2) is 8.90. The van der Waals surface area contributed by atoms with E-state index in [1.807, 2.05) is 30.3 Å². The van der Waals surface area contributed by atoms with Gasteiger partial charge < -0.3 is 20.1 Å². The van der Waals surface area contributed by atoms with Crippen LogP contribution in [0.15, 0.2) is 42.5 Å². The number of hydrogen-bond donors (Lipinski definition) is 1. The van der Waals surface area contributed by atoms with Crippen LogP contribution in [-0.4, -0.2) is 49.1 Å². The molecule has 1 aliphatic rings. The summed E-state index contributed by atoms with van der Waals surface area (Å²) in [6.45, 7) is 0.826. The van der Waals surface area contributed by atoms with E-state index in [9.17, 15) is 14.9 Å². The van der Waals surface area contributed by atoms with E-state index in [1.165, 1.54) is 26.4 Å². The summed E-state index contributed by atoms with van der Waals surface area (Å²) in [4.78, 5) is 25.3. The number of likely N-dealkylation sites (tertiary alicyclic amines) is 1. The first kappa shape index (κ1) is 21.5. The Bertz CT molecular complexity index is 862. The Morgan fingerprint density at radius 1 is 1.18 bits per heavy atom. The molecule has 0 saturated carbocycles. The zero-order chi connectivity index (χ0) is 19.6. The number of carbonyl (C=O) groups excluding carboxylic acids is 1. The van der Waals surface area contributed by atoms with Crippen molar-refractivity contribution in [3.63, 3.8) is 0 Å². The normalized spacial score (nSPS) is 18.3. The Kier molecular flexibility index (Phi) is 6.82. The van der Waals surface area contributed by atoms with Crippen LogP contribution in [0, 0.1) is 10.1 Å². The second-order valence-electron chi connectivity index (χ2n) is 6.38. The van der Waals surface area contributed by atoms with Crippen LogP contribution in [0.2, 0.25) is 0 Å². The van der Waals surface area contributed by atoms with Gasteiger partial charge in [0.15, 0.2) is 5.75 Å². The van der Waals surface area contributed by atoms with E-state index < -0.39 is 4.92 Å². The predicted molar refractivity (Wildman–Crippen MR) is 107 cm³/mol. The summed E-state index contributed by atoms with van der Waals surface area (Å²) in [7, 11) is 2.68. The van der Waals surface area contributed by atoms with Crippen LogP contribution in [-0.2, 0) is 0 Å². The van der Waals surface area contributed by atoms with Gasteiger partial charge in [0.05, 0.1) is 24.7 Å². The maximum absolute atomic E-state index is 13.0.